The number of carboxylic acid groups (broad SMARTS) is 1. The van der Waals surface area contributed by atoms with Crippen molar-refractivity contribution in [3.63, 3.8) is 0 Å². The summed E-state index contributed by atoms with van der Waals surface area (Å²) in [5, 5.41) is 8.30. The van der Waals surface area contributed by atoms with Gasteiger partial charge in [0.1, 0.15) is 5.92 Å². The van der Waals surface area contributed by atoms with Gasteiger partial charge in [-0.05, 0) is 19.4 Å². The normalized spacial score (nSPS) is 12.5. The molecule has 10 heavy (non-hydrogen) atoms. The van der Waals surface area contributed by atoms with E-state index in [0.29, 0.717) is 13.0 Å². The number of carbonyl (C=O) groups excluding carboxylic acids is 1. The summed E-state index contributed by atoms with van der Waals surface area (Å²) in [6.45, 7) is 0.408. The molecule has 0 saturated carbocycles. The molecule has 0 aliphatic heterocycles. The van der Waals surface area contributed by atoms with E-state index in [-0.39, 0.29) is 6.42 Å². The fourth-order valence-electron chi connectivity index (χ4n) is 0.555. The number of rotatable bonds is 5. The van der Waals surface area contributed by atoms with Crippen LogP contribution in [0.4, 0.5) is 0 Å². The summed E-state index contributed by atoms with van der Waals surface area (Å²) < 4.78 is 0. The third kappa shape index (κ3) is 3.19. The number of carboxylic acids is 1. The second-order valence-electron chi connectivity index (χ2n) is 1.94. The maximum atomic E-state index is 10.1. The van der Waals surface area contributed by atoms with E-state index in [1.165, 1.54) is 6.29 Å². The monoisotopic (exact) mass is 144 g/mol. The minimum atomic E-state index is -1.12. The summed E-state index contributed by atoms with van der Waals surface area (Å²) in [6.07, 6.45) is 2.27. The van der Waals surface area contributed by atoms with E-state index in [0.717, 1.165) is 0 Å². The van der Waals surface area contributed by atoms with Gasteiger partial charge in [-0.1, -0.05) is 0 Å². The van der Waals surface area contributed by atoms with Crippen LogP contribution >= 0.6 is 0 Å². The van der Waals surface area contributed by atoms with Gasteiger partial charge in [-0.3, -0.25) is 9.59 Å². The van der Waals surface area contributed by atoms with Gasteiger partial charge in [0, 0.05) is 0 Å². The van der Waals surface area contributed by atoms with Gasteiger partial charge in [0.25, 0.3) is 0 Å². The van der Waals surface area contributed by atoms with E-state index in [2.05, 4.69) is 0 Å². The largest absolute Gasteiger partial charge is 0.481 e. The van der Waals surface area contributed by atoms with Crippen molar-refractivity contribution >= 4 is 12.3 Å². The van der Waals surface area contributed by atoms with E-state index in [1.807, 2.05) is 0 Å². The molecule has 0 saturated heterocycles. The number of carbonyl (C=O) groups is 1. The summed E-state index contributed by atoms with van der Waals surface area (Å²) >= 11 is 0. The lowest BCUT2D eigenvalue weighted by Crippen LogP contribution is -2.16. The number of nitrogens with two attached hydrogens (primary N) is 1. The van der Waals surface area contributed by atoms with E-state index in [9.17, 15) is 9.59 Å². The molecule has 0 fully saturated rings. The van der Waals surface area contributed by atoms with Crippen molar-refractivity contribution in [3.8, 4) is 0 Å². The summed E-state index contributed by atoms with van der Waals surface area (Å²) in [4.78, 5) is 20.0. The van der Waals surface area contributed by atoms with Crippen LogP contribution in [0.2, 0.25) is 0 Å². The Bertz CT molecular complexity index is 124. The molecule has 1 atom stereocenters. The Balaban J connectivity index is 3.60. The van der Waals surface area contributed by atoms with Crippen molar-refractivity contribution < 1.29 is 14.7 Å². The Kier molecular flexibility index (Phi) is 4.49. The van der Waals surface area contributed by atoms with Crippen LogP contribution in [0.3, 0.4) is 0 Å². The van der Waals surface area contributed by atoms with Gasteiger partial charge in [-0.2, -0.15) is 0 Å². The highest BCUT2D eigenvalue weighted by atomic mass is 16.4. The molecule has 0 aromatic heterocycles. The molecular formula is C6H10NO3. The average Bonchev–Trinajstić information content (AvgIpc) is 1.89. The molecule has 0 aliphatic rings. The lowest BCUT2D eigenvalue weighted by molar-refractivity contribution is -0.139. The third-order valence-electron chi connectivity index (χ3n) is 1.14. The first-order valence-corrected chi connectivity index (χ1v) is 3.03. The van der Waals surface area contributed by atoms with Crippen molar-refractivity contribution in [2.75, 3.05) is 6.54 Å². The second-order valence-corrected chi connectivity index (χ2v) is 1.94. The van der Waals surface area contributed by atoms with Crippen molar-refractivity contribution in [3.05, 3.63) is 0 Å². The van der Waals surface area contributed by atoms with Crippen molar-refractivity contribution in [1.29, 1.82) is 0 Å². The summed E-state index contributed by atoms with van der Waals surface area (Å²) in [5.74, 6) is -2.12. The molecule has 57 valence electrons. The molecule has 0 bridgehead atoms. The first kappa shape index (κ1) is 9.10. The minimum absolute atomic E-state index is 0.287. The molecule has 0 aromatic carbocycles. The van der Waals surface area contributed by atoms with E-state index < -0.39 is 11.9 Å². The zero-order valence-electron chi connectivity index (χ0n) is 5.54. The summed E-state index contributed by atoms with van der Waals surface area (Å²) in [6, 6.07) is 0. The number of hydrogen-bond acceptors (Lipinski definition) is 3. The van der Waals surface area contributed by atoms with Crippen molar-refractivity contribution in [2.45, 2.75) is 12.8 Å². The molecule has 3 N–H and O–H groups in total. The average molecular weight is 144 g/mol. The first-order chi connectivity index (χ1) is 4.72. The molecule has 0 aliphatic carbocycles. The topological polar surface area (TPSA) is 80.4 Å². The van der Waals surface area contributed by atoms with Crippen molar-refractivity contribution in [2.24, 2.45) is 11.7 Å². The molecule has 0 heterocycles. The Hall–Kier alpha value is -0.900. The summed E-state index contributed by atoms with van der Waals surface area (Å²) in [5.41, 5.74) is 5.11. The van der Waals surface area contributed by atoms with Crippen LogP contribution in [0.1, 0.15) is 12.8 Å². The molecule has 4 nitrogen and oxygen atoms in total. The maximum absolute atomic E-state index is 10.1. The van der Waals surface area contributed by atoms with Gasteiger partial charge in [-0.15, -0.1) is 0 Å². The van der Waals surface area contributed by atoms with Crippen LogP contribution in [-0.4, -0.2) is 23.9 Å². The van der Waals surface area contributed by atoms with Crippen LogP contribution in [0.15, 0.2) is 0 Å². The lowest BCUT2D eigenvalue weighted by Gasteiger charge is -2.00. The van der Waals surface area contributed by atoms with Gasteiger partial charge >= 0.3 is 5.97 Å². The molecule has 0 amide bonds. The summed E-state index contributed by atoms with van der Waals surface area (Å²) in [7, 11) is 0. The highest BCUT2D eigenvalue weighted by Crippen LogP contribution is 2.01. The third-order valence-corrected chi connectivity index (χ3v) is 1.14. The van der Waals surface area contributed by atoms with Crippen LogP contribution in [-0.2, 0) is 9.59 Å². The Morgan fingerprint density at radius 3 is 2.60 bits per heavy atom. The van der Waals surface area contributed by atoms with E-state index in [4.69, 9.17) is 10.8 Å². The van der Waals surface area contributed by atoms with Gasteiger partial charge in [-0.25, -0.2) is 0 Å². The highest BCUT2D eigenvalue weighted by molar-refractivity contribution is 5.86. The SMILES string of the molecule is NCCCC([C]=O)C(=O)O. The van der Waals surface area contributed by atoms with Gasteiger partial charge in [0.2, 0.25) is 6.29 Å². The van der Waals surface area contributed by atoms with Gasteiger partial charge in [0.05, 0.1) is 0 Å². The smallest absolute Gasteiger partial charge is 0.314 e. The molecule has 4 heteroatoms. The van der Waals surface area contributed by atoms with Gasteiger partial charge in [0.15, 0.2) is 0 Å². The Labute approximate surface area is 59.0 Å². The van der Waals surface area contributed by atoms with Crippen LogP contribution in [0.5, 0.6) is 0 Å². The second kappa shape index (κ2) is 4.93. The predicted octanol–water partition coefficient (Wildman–Crippen LogP) is -0.464. The zero-order chi connectivity index (χ0) is 7.98. The van der Waals surface area contributed by atoms with Crippen LogP contribution in [0, 0.1) is 5.92 Å². The fourth-order valence-corrected chi connectivity index (χ4v) is 0.555. The first-order valence-electron chi connectivity index (χ1n) is 3.03. The molecule has 1 radical (unpaired) electrons. The van der Waals surface area contributed by atoms with E-state index >= 15 is 0 Å². The molecule has 1 unspecified atom stereocenters. The van der Waals surface area contributed by atoms with Crippen LogP contribution < -0.4 is 5.73 Å². The molecule has 0 aromatic rings. The number of aliphatic carboxylic acids is 1. The zero-order valence-corrected chi connectivity index (χ0v) is 5.54. The van der Waals surface area contributed by atoms with Crippen LogP contribution in [0.25, 0.3) is 0 Å². The fraction of sp³-hybridized carbons (Fsp3) is 0.667. The standard InChI is InChI=1S/C6H10NO3/c7-3-1-2-5(4-8)6(9)10/h5H,1-3,7H2,(H,9,10). The predicted molar refractivity (Wildman–Crippen MR) is 35.1 cm³/mol. The Morgan fingerprint density at radius 1 is 1.70 bits per heavy atom. The molecule has 0 rings (SSSR count). The minimum Gasteiger partial charge on any atom is -0.481 e. The highest BCUT2D eigenvalue weighted by Gasteiger charge is 2.15. The molecule has 0 spiro atoms. The lowest BCUT2D eigenvalue weighted by atomic mass is 10.1. The van der Waals surface area contributed by atoms with Gasteiger partial charge < -0.3 is 10.8 Å². The quantitative estimate of drug-likeness (QED) is 0.511. The van der Waals surface area contributed by atoms with E-state index in [1.54, 1.807) is 0 Å². The maximum Gasteiger partial charge on any atom is 0.314 e. The van der Waals surface area contributed by atoms with Crippen molar-refractivity contribution in [1.82, 2.24) is 0 Å². The Morgan fingerprint density at radius 2 is 2.30 bits per heavy atom. The molecular weight excluding hydrogens is 134 g/mol. The number of hydrogen-bond donors (Lipinski definition) is 2.